The van der Waals surface area contributed by atoms with Crippen molar-refractivity contribution in [2.24, 2.45) is 0 Å². The summed E-state index contributed by atoms with van der Waals surface area (Å²) in [6.45, 7) is 0. The average Bonchev–Trinajstić information content (AvgIpc) is 3.17. The first-order valence-electron chi connectivity index (χ1n) is 6.34. The molecule has 0 unspecified atom stereocenters. The number of hydrogen-bond donors (Lipinski definition) is 1. The van der Waals surface area contributed by atoms with Gasteiger partial charge in [0.1, 0.15) is 6.07 Å². The molecule has 0 bridgehead atoms. The fourth-order valence-electron chi connectivity index (χ4n) is 1.93. The number of benzene rings is 1. The predicted molar refractivity (Wildman–Crippen MR) is 78.8 cm³/mol. The van der Waals surface area contributed by atoms with Gasteiger partial charge >= 0.3 is 0 Å². The highest BCUT2D eigenvalue weighted by atomic mass is 35.5. The molecule has 0 aliphatic heterocycles. The zero-order chi connectivity index (χ0) is 15.0. The SMILES string of the molecule is N#Cc1c(C(=O)NC2CC2)cnn1-c1ccc(Cl)c(Cl)c1. The Labute approximate surface area is 131 Å². The van der Waals surface area contributed by atoms with E-state index in [-0.39, 0.29) is 23.2 Å². The van der Waals surface area contributed by atoms with Gasteiger partial charge in [0.15, 0.2) is 5.69 Å². The Morgan fingerprint density at radius 1 is 1.38 bits per heavy atom. The number of carbonyl (C=O) groups is 1. The van der Waals surface area contributed by atoms with Gasteiger partial charge in [-0.25, -0.2) is 4.68 Å². The summed E-state index contributed by atoms with van der Waals surface area (Å²) >= 11 is 11.8. The second-order valence-electron chi connectivity index (χ2n) is 4.78. The van der Waals surface area contributed by atoms with Gasteiger partial charge in [-0.2, -0.15) is 10.4 Å². The Morgan fingerprint density at radius 2 is 2.14 bits per heavy atom. The minimum atomic E-state index is -0.277. The van der Waals surface area contributed by atoms with Gasteiger partial charge < -0.3 is 5.32 Å². The van der Waals surface area contributed by atoms with Crippen molar-refractivity contribution in [3.8, 4) is 11.8 Å². The van der Waals surface area contributed by atoms with Crippen LogP contribution in [0.15, 0.2) is 24.4 Å². The standard InChI is InChI=1S/C14H10Cl2N4O/c15-11-4-3-9(5-12(11)16)20-13(6-17)10(7-18-20)14(21)19-8-1-2-8/h3-5,7-8H,1-2H2,(H,19,21). The Kier molecular flexibility index (Phi) is 3.58. The van der Waals surface area contributed by atoms with Gasteiger partial charge in [-0.05, 0) is 31.0 Å². The second-order valence-corrected chi connectivity index (χ2v) is 5.59. The summed E-state index contributed by atoms with van der Waals surface area (Å²) in [6, 6.07) is 7.13. The first-order chi connectivity index (χ1) is 10.1. The molecule has 1 heterocycles. The maximum absolute atomic E-state index is 12.1. The highest BCUT2D eigenvalue weighted by molar-refractivity contribution is 6.42. The first-order valence-corrected chi connectivity index (χ1v) is 7.10. The largest absolute Gasteiger partial charge is 0.349 e. The van der Waals surface area contributed by atoms with Crippen LogP contribution in [0.2, 0.25) is 10.0 Å². The number of halogens is 2. The zero-order valence-electron chi connectivity index (χ0n) is 10.8. The summed E-state index contributed by atoms with van der Waals surface area (Å²) in [5.41, 5.74) is 1.01. The molecule has 1 N–H and O–H groups in total. The van der Waals surface area contributed by atoms with E-state index in [1.54, 1.807) is 18.2 Å². The van der Waals surface area contributed by atoms with Gasteiger partial charge in [0.25, 0.3) is 5.91 Å². The van der Waals surface area contributed by atoms with Crippen molar-refractivity contribution < 1.29 is 4.79 Å². The van der Waals surface area contributed by atoms with Crippen LogP contribution in [-0.4, -0.2) is 21.7 Å². The molecule has 1 aliphatic carbocycles. The van der Waals surface area contributed by atoms with E-state index < -0.39 is 0 Å². The normalized spacial score (nSPS) is 13.8. The molecule has 0 radical (unpaired) electrons. The Bertz CT molecular complexity index is 759. The molecule has 0 spiro atoms. The molecule has 106 valence electrons. The van der Waals surface area contributed by atoms with E-state index >= 15 is 0 Å². The third kappa shape index (κ3) is 2.73. The van der Waals surface area contributed by atoms with Crippen molar-refractivity contribution in [2.45, 2.75) is 18.9 Å². The van der Waals surface area contributed by atoms with Gasteiger partial charge in [-0.1, -0.05) is 23.2 Å². The monoisotopic (exact) mass is 320 g/mol. The van der Waals surface area contributed by atoms with Crippen molar-refractivity contribution in [1.82, 2.24) is 15.1 Å². The lowest BCUT2D eigenvalue weighted by atomic mass is 10.2. The van der Waals surface area contributed by atoms with E-state index in [0.717, 1.165) is 12.8 Å². The van der Waals surface area contributed by atoms with Crippen LogP contribution in [0.5, 0.6) is 0 Å². The number of nitrogens with one attached hydrogen (secondary N) is 1. The van der Waals surface area contributed by atoms with Gasteiger partial charge in [-0.3, -0.25) is 4.79 Å². The minimum absolute atomic E-state index is 0.173. The average molecular weight is 321 g/mol. The smallest absolute Gasteiger partial charge is 0.256 e. The molecular formula is C14H10Cl2N4O. The van der Waals surface area contributed by atoms with Gasteiger partial charge in [0.05, 0.1) is 27.5 Å². The molecule has 1 aromatic heterocycles. The van der Waals surface area contributed by atoms with Crippen LogP contribution < -0.4 is 5.32 Å². The Balaban J connectivity index is 1.99. The summed E-state index contributed by atoms with van der Waals surface area (Å²) in [5.74, 6) is -0.277. The number of nitriles is 1. The molecule has 7 heteroatoms. The minimum Gasteiger partial charge on any atom is -0.349 e. The molecule has 1 amide bonds. The van der Waals surface area contributed by atoms with Gasteiger partial charge in [0, 0.05) is 6.04 Å². The fraction of sp³-hybridized carbons (Fsp3) is 0.214. The van der Waals surface area contributed by atoms with E-state index in [1.807, 2.05) is 6.07 Å². The predicted octanol–water partition coefficient (Wildman–Crippen LogP) is 2.94. The molecule has 1 saturated carbocycles. The highest BCUT2D eigenvalue weighted by Crippen LogP contribution is 2.26. The molecule has 1 aromatic carbocycles. The van der Waals surface area contributed by atoms with Crippen molar-refractivity contribution in [3.63, 3.8) is 0 Å². The van der Waals surface area contributed by atoms with E-state index in [0.29, 0.717) is 15.7 Å². The summed E-state index contributed by atoms with van der Waals surface area (Å²) in [5, 5.41) is 17.0. The lowest BCUT2D eigenvalue weighted by molar-refractivity contribution is 0.0951. The Hall–Kier alpha value is -2.03. The number of aromatic nitrogens is 2. The van der Waals surface area contributed by atoms with E-state index in [4.69, 9.17) is 23.2 Å². The zero-order valence-corrected chi connectivity index (χ0v) is 12.3. The molecule has 2 aromatic rings. The lowest BCUT2D eigenvalue weighted by Crippen LogP contribution is -2.25. The number of hydrogen-bond acceptors (Lipinski definition) is 3. The molecule has 1 aliphatic rings. The lowest BCUT2D eigenvalue weighted by Gasteiger charge is -2.05. The highest BCUT2D eigenvalue weighted by Gasteiger charge is 2.26. The van der Waals surface area contributed by atoms with Crippen molar-refractivity contribution >= 4 is 29.1 Å². The maximum Gasteiger partial charge on any atom is 0.256 e. The molecule has 0 atom stereocenters. The van der Waals surface area contributed by atoms with E-state index in [9.17, 15) is 10.1 Å². The van der Waals surface area contributed by atoms with Crippen LogP contribution in [-0.2, 0) is 0 Å². The van der Waals surface area contributed by atoms with Crippen LogP contribution in [0.4, 0.5) is 0 Å². The maximum atomic E-state index is 12.1. The van der Waals surface area contributed by atoms with Crippen molar-refractivity contribution in [1.29, 1.82) is 5.26 Å². The van der Waals surface area contributed by atoms with E-state index in [2.05, 4.69) is 10.4 Å². The van der Waals surface area contributed by atoms with Crippen LogP contribution in [0, 0.1) is 11.3 Å². The summed E-state index contributed by atoms with van der Waals surface area (Å²) in [4.78, 5) is 12.1. The fourth-order valence-corrected chi connectivity index (χ4v) is 2.22. The third-order valence-corrected chi connectivity index (χ3v) is 3.92. The van der Waals surface area contributed by atoms with Crippen LogP contribution in [0.1, 0.15) is 28.9 Å². The van der Waals surface area contributed by atoms with Crippen molar-refractivity contribution in [3.05, 3.63) is 45.7 Å². The molecule has 3 rings (SSSR count). The number of nitrogens with zero attached hydrogens (tertiary/aromatic N) is 3. The van der Waals surface area contributed by atoms with Crippen LogP contribution in [0.25, 0.3) is 5.69 Å². The summed E-state index contributed by atoms with van der Waals surface area (Å²) in [7, 11) is 0. The second kappa shape index (κ2) is 5.40. The summed E-state index contributed by atoms with van der Waals surface area (Å²) in [6.07, 6.45) is 3.35. The third-order valence-electron chi connectivity index (χ3n) is 3.18. The molecule has 21 heavy (non-hydrogen) atoms. The first kappa shape index (κ1) is 13.9. The molecule has 5 nitrogen and oxygen atoms in total. The Morgan fingerprint density at radius 3 is 2.76 bits per heavy atom. The number of carbonyl (C=O) groups excluding carboxylic acids is 1. The van der Waals surface area contributed by atoms with Gasteiger partial charge in [0.2, 0.25) is 0 Å². The summed E-state index contributed by atoms with van der Waals surface area (Å²) < 4.78 is 1.38. The van der Waals surface area contributed by atoms with E-state index in [1.165, 1.54) is 10.9 Å². The van der Waals surface area contributed by atoms with Crippen LogP contribution >= 0.6 is 23.2 Å². The van der Waals surface area contributed by atoms with Crippen LogP contribution in [0.3, 0.4) is 0 Å². The molecule has 0 saturated heterocycles. The number of rotatable bonds is 3. The molecule has 1 fully saturated rings. The topological polar surface area (TPSA) is 70.7 Å². The number of amides is 1. The molecular weight excluding hydrogens is 311 g/mol. The quantitative estimate of drug-likeness (QED) is 0.945. The van der Waals surface area contributed by atoms with Crippen molar-refractivity contribution in [2.75, 3.05) is 0 Å². The van der Waals surface area contributed by atoms with Gasteiger partial charge in [-0.15, -0.1) is 0 Å².